The Morgan fingerprint density at radius 3 is 2.63 bits per heavy atom. The Morgan fingerprint density at radius 2 is 2.11 bits per heavy atom. The number of hydrogen-bond donors (Lipinski definition) is 1. The number of aryl methyl sites for hydroxylation is 1. The van der Waals surface area contributed by atoms with Crippen molar-refractivity contribution in [3.63, 3.8) is 0 Å². The van der Waals surface area contributed by atoms with E-state index in [2.05, 4.69) is 10.4 Å². The van der Waals surface area contributed by atoms with Gasteiger partial charge in [0.2, 0.25) is 11.8 Å². The number of amides is 2. The molecule has 0 aromatic carbocycles. The van der Waals surface area contributed by atoms with E-state index in [1.807, 2.05) is 40.1 Å². The molecule has 0 saturated carbocycles. The lowest BCUT2D eigenvalue weighted by molar-refractivity contribution is -0.148. The van der Waals surface area contributed by atoms with Crippen LogP contribution in [0.25, 0.3) is 0 Å². The maximum Gasteiger partial charge on any atom is 0.246 e. The highest BCUT2D eigenvalue weighted by Crippen LogP contribution is 2.23. The van der Waals surface area contributed by atoms with Crippen LogP contribution in [-0.2, 0) is 23.2 Å². The van der Waals surface area contributed by atoms with Crippen molar-refractivity contribution < 1.29 is 9.59 Å². The topological polar surface area (TPSA) is 67.2 Å². The number of piperazine rings is 1. The first-order chi connectivity index (χ1) is 8.77. The molecule has 19 heavy (non-hydrogen) atoms. The minimum Gasteiger partial charge on any atom is -0.342 e. The molecule has 2 heterocycles. The van der Waals surface area contributed by atoms with Crippen LogP contribution in [0, 0.1) is 5.41 Å². The molecular formula is C13H20N4O2. The summed E-state index contributed by atoms with van der Waals surface area (Å²) in [6.45, 7) is 6.31. The molecule has 1 unspecified atom stereocenters. The van der Waals surface area contributed by atoms with E-state index in [1.54, 1.807) is 9.58 Å². The van der Waals surface area contributed by atoms with Crippen LogP contribution in [-0.4, -0.2) is 39.1 Å². The lowest BCUT2D eigenvalue weighted by Crippen LogP contribution is -2.61. The van der Waals surface area contributed by atoms with Gasteiger partial charge in [0.05, 0.1) is 12.2 Å². The van der Waals surface area contributed by atoms with Gasteiger partial charge in [0, 0.05) is 13.2 Å². The van der Waals surface area contributed by atoms with Crippen molar-refractivity contribution in [1.29, 1.82) is 0 Å². The normalized spacial score (nSPS) is 20.6. The first-order valence-corrected chi connectivity index (χ1v) is 6.34. The number of nitrogens with zero attached hydrogens (tertiary/aromatic N) is 3. The largest absolute Gasteiger partial charge is 0.342 e. The minimum atomic E-state index is -0.475. The number of rotatable bonds is 2. The molecule has 2 amide bonds. The molecule has 104 valence electrons. The Morgan fingerprint density at radius 1 is 1.42 bits per heavy atom. The maximum atomic E-state index is 12.4. The molecule has 0 bridgehead atoms. The summed E-state index contributed by atoms with van der Waals surface area (Å²) in [5.74, 6) is -0.159. The minimum absolute atomic E-state index is 0.0437. The molecule has 6 heteroatoms. The Bertz CT molecular complexity index is 501. The standard InChI is InChI=1S/C13H20N4O2/c1-13(2,3)11-12(19)17(8-10(18)14-11)7-9-5-6-16(4)15-9/h5-6,11H,7-8H2,1-4H3,(H,14,18). The molecular weight excluding hydrogens is 244 g/mol. The molecule has 1 aliphatic rings. The molecule has 0 aliphatic carbocycles. The predicted octanol–water partition coefficient (Wildman–Crippen LogP) is 0.293. The van der Waals surface area contributed by atoms with Crippen molar-refractivity contribution >= 4 is 11.8 Å². The average molecular weight is 264 g/mol. The second-order valence-corrected chi connectivity index (χ2v) is 6.04. The smallest absolute Gasteiger partial charge is 0.246 e. The molecule has 1 aliphatic heterocycles. The summed E-state index contributed by atoms with van der Waals surface area (Å²) < 4.78 is 1.69. The van der Waals surface area contributed by atoms with Crippen molar-refractivity contribution in [2.75, 3.05) is 6.54 Å². The monoisotopic (exact) mass is 264 g/mol. The Balaban J connectivity index is 2.16. The van der Waals surface area contributed by atoms with Crippen molar-refractivity contribution in [3.8, 4) is 0 Å². The fourth-order valence-corrected chi connectivity index (χ4v) is 2.17. The van der Waals surface area contributed by atoms with Gasteiger partial charge in [-0.3, -0.25) is 14.3 Å². The Kier molecular flexibility index (Phi) is 3.34. The summed E-state index contributed by atoms with van der Waals surface area (Å²) in [7, 11) is 1.83. The lowest BCUT2D eigenvalue weighted by Gasteiger charge is -2.38. The zero-order valence-electron chi connectivity index (χ0n) is 11.8. The molecule has 1 N–H and O–H groups in total. The van der Waals surface area contributed by atoms with Crippen molar-refractivity contribution in [3.05, 3.63) is 18.0 Å². The third kappa shape index (κ3) is 2.94. The third-order valence-electron chi connectivity index (χ3n) is 3.19. The van der Waals surface area contributed by atoms with Crippen LogP contribution in [0.1, 0.15) is 26.5 Å². The highest BCUT2D eigenvalue weighted by molar-refractivity contribution is 5.95. The average Bonchev–Trinajstić information content (AvgIpc) is 2.67. The van der Waals surface area contributed by atoms with E-state index in [0.717, 1.165) is 5.69 Å². The maximum absolute atomic E-state index is 12.4. The van der Waals surface area contributed by atoms with E-state index in [1.165, 1.54) is 0 Å². The van der Waals surface area contributed by atoms with Gasteiger partial charge in [0.25, 0.3) is 0 Å². The fraction of sp³-hybridized carbons (Fsp3) is 0.615. The van der Waals surface area contributed by atoms with Gasteiger partial charge in [-0.2, -0.15) is 5.10 Å². The van der Waals surface area contributed by atoms with Crippen molar-refractivity contribution in [1.82, 2.24) is 20.0 Å². The van der Waals surface area contributed by atoms with Crippen molar-refractivity contribution in [2.24, 2.45) is 12.5 Å². The molecule has 1 aromatic heterocycles. The quantitative estimate of drug-likeness (QED) is 0.835. The molecule has 1 atom stereocenters. The highest BCUT2D eigenvalue weighted by atomic mass is 16.2. The number of nitrogens with one attached hydrogen (secondary N) is 1. The summed E-state index contributed by atoms with van der Waals surface area (Å²) in [6.07, 6.45) is 1.82. The summed E-state index contributed by atoms with van der Waals surface area (Å²) in [5.41, 5.74) is 0.494. The van der Waals surface area contributed by atoms with E-state index in [4.69, 9.17) is 0 Å². The van der Waals surface area contributed by atoms with Gasteiger partial charge >= 0.3 is 0 Å². The van der Waals surface area contributed by atoms with Gasteiger partial charge in [0.1, 0.15) is 12.6 Å². The summed E-state index contributed by atoms with van der Waals surface area (Å²) >= 11 is 0. The Hall–Kier alpha value is -1.85. The molecule has 1 aromatic rings. The van der Waals surface area contributed by atoms with Crippen LogP contribution < -0.4 is 5.32 Å². The summed E-state index contributed by atoms with van der Waals surface area (Å²) in [5, 5.41) is 7.01. The first-order valence-electron chi connectivity index (χ1n) is 6.34. The number of carbonyl (C=O) groups excluding carboxylic acids is 2. The van der Waals surface area contributed by atoms with Crippen LogP contribution in [0.2, 0.25) is 0 Å². The van der Waals surface area contributed by atoms with Gasteiger partial charge in [-0.1, -0.05) is 20.8 Å². The highest BCUT2D eigenvalue weighted by Gasteiger charge is 2.39. The number of carbonyl (C=O) groups is 2. The number of hydrogen-bond acceptors (Lipinski definition) is 3. The van der Waals surface area contributed by atoms with Gasteiger partial charge in [0.15, 0.2) is 0 Å². The molecule has 0 spiro atoms. The van der Waals surface area contributed by atoms with Gasteiger partial charge in [-0.25, -0.2) is 0 Å². The van der Waals surface area contributed by atoms with Crippen LogP contribution in [0.3, 0.4) is 0 Å². The van der Waals surface area contributed by atoms with E-state index in [0.29, 0.717) is 6.54 Å². The van der Waals surface area contributed by atoms with Gasteiger partial charge in [-0.15, -0.1) is 0 Å². The van der Waals surface area contributed by atoms with Crippen molar-refractivity contribution in [2.45, 2.75) is 33.4 Å². The van der Waals surface area contributed by atoms with E-state index >= 15 is 0 Å². The van der Waals surface area contributed by atoms with Crippen LogP contribution in [0.15, 0.2) is 12.3 Å². The molecule has 1 saturated heterocycles. The zero-order chi connectivity index (χ0) is 14.2. The van der Waals surface area contributed by atoms with Gasteiger partial charge in [-0.05, 0) is 11.5 Å². The second-order valence-electron chi connectivity index (χ2n) is 6.04. The predicted molar refractivity (Wildman–Crippen MR) is 70.0 cm³/mol. The summed E-state index contributed by atoms with van der Waals surface area (Å²) in [6, 6.07) is 1.38. The molecule has 2 rings (SSSR count). The SMILES string of the molecule is Cn1ccc(CN2CC(=O)NC(C(C)(C)C)C2=O)n1. The first kappa shape index (κ1) is 13.6. The van der Waals surface area contributed by atoms with E-state index in [-0.39, 0.29) is 23.8 Å². The van der Waals surface area contributed by atoms with Gasteiger partial charge < -0.3 is 10.2 Å². The van der Waals surface area contributed by atoms with Crippen LogP contribution in [0.4, 0.5) is 0 Å². The van der Waals surface area contributed by atoms with Crippen LogP contribution >= 0.6 is 0 Å². The third-order valence-corrected chi connectivity index (χ3v) is 3.19. The summed E-state index contributed by atoms with van der Waals surface area (Å²) in [4.78, 5) is 25.7. The molecule has 1 fully saturated rings. The number of aromatic nitrogens is 2. The van der Waals surface area contributed by atoms with Crippen LogP contribution in [0.5, 0.6) is 0 Å². The Labute approximate surface area is 112 Å². The molecule has 6 nitrogen and oxygen atoms in total. The second kappa shape index (κ2) is 4.68. The fourth-order valence-electron chi connectivity index (χ4n) is 2.17. The van der Waals surface area contributed by atoms with E-state index < -0.39 is 6.04 Å². The molecule has 0 radical (unpaired) electrons. The zero-order valence-corrected chi connectivity index (χ0v) is 11.8. The lowest BCUT2D eigenvalue weighted by atomic mass is 9.85. The van der Waals surface area contributed by atoms with E-state index in [9.17, 15) is 9.59 Å².